The molecule has 0 aliphatic heterocycles. The monoisotopic (exact) mass is 330 g/mol. The summed E-state index contributed by atoms with van der Waals surface area (Å²) in [5.41, 5.74) is 1.96. The number of guanidine groups is 1. The van der Waals surface area contributed by atoms with Crippen molar-refractivity contribution in [3.8, 4) is 0 Å². The lowest BCUT2D eigenvalue weighted by atomic mass is 9.88. The third-order valence-electron chi connectivity index (χ3n) is 4.28. The molecule has 3 N–H and O–H groups in total. The lowest BCUT2D eigenvalue weighted by Gasteiger charge is -2.20. The van der Waals surface area contributed by atoms with Crippen molar-refractivity contribution in [1.82, 2.24) is 10.6 Å². The average molecular weight is 330 g/mol. The molecular formula is C19H30N4O. The lowest BCUT2D eigenvalue weighted by molar-refractivity contribution is -0.120. The number of benzene rings is 1. The Morgan fingerprint density at radius 1 is 1.12 bits per heavy atom. The van der Waals surface area contributed by atoms with Gasteiger partial charge in [0.2, 0.25) is 5.91 Å². The molecule has 1 aromatic carbocycles. The van der Waals surface area contributed by atoms with Gasteiger partial charge in [-0.3, -0.25) is 4.79 Å². The summed E-state index contributed by atoms with van der Waals surface area (Å²) in [5.74, 6) is 1.16. The second kappa shape index (κ2) is 9.96. The Balaban J connectivity index is 1.95. The number of anilines is 1. The predicted octanol–water partition coefficient (Wildman–Crippen LogP) is 3.28. The minimum Gasteiger partial charge on any atom is -0.357 e. The number of carbonyl (C=O) groups excluding carboxylic acids is 1. The Morgan fingerprint density at radius 3 is 2.50 bits per heavy atom. The van der Waals surface area contributed by atoms with Gasteiger partial charge >= 0.3 is 0 Å². The van der Waals surface area contributed by atoms with Gasteiger partial charge in [0.1, 0.15) is 0 Å². The average Bonchev–Trinajstić information content (AvgIpc) is 2.61. The van der Waals surface area contributed by atoms with Crippen LogP contribution in [-0.2, 0) is 11.3 Å². The summed E-state index contributed by atoms with van der Waals surface area (Å²) in [6, 6.07) is 7.97. The van der Waals surface area contributed by atoms with Crippen molar-refractivity contribution in [3.05, 3.63) is 29.8 Å². The van der Waals surface area contributed by atoms with Crippen LogP contribution in [0, 0.1) is 5.92 Å². The number of amides is 1. The summed E-state index contributed by atoms with van der Waals surface area (Å²) in [7, 11) is 0. The lowest BCUT2D eigenvalue weighted by Crippen LogP contribution is -2.36. The van der Waals surface area contributed by atoms with E-state index >= 15 is 0 Å². The van der Waals surface area contributed by atoms with Gasteiger partial charge in [-0.1, -0.05) is 31.4 Å². The van der Waals surface area contributed by atoms with Gasteiger partial charge in [-0.2, -0.15) is 0 Å². The normalized spacial score (nSPS) is 14.8. The molecular weight excluding hydrogens is 300 g/mol. The summed E-state index contributed by atoms with van der Waals surface area (Å²) in [4.78, 5) is 16.9. The van der Waals surface area contributed by atoms with E-state index in [9.17, 15) is 4.79 Å². The SMILES string of the molecule is CCNC(=NCc1cccc(NC(=O)C2CCCCC2)c1)NCC. The zero-order chi connectivity index (χ0) is 17.2. The molecule has 1 amide bonds. The Labute approximate surface area is 145 Å². The van der Waals surface area contributed by atoms with E-state index in [2.05, 4.69) is 20.9 Å². The number of nitrogens with zero attached hydrogens (tertiary/aromatic N) is 1. The molecule has 0 aromatic heterocycles. The fraction of sp³-hybridized carbons (Fsp3) is 0.579. The minimum atomic E-state index is 0.163. The van der Waals surface area contributed by atoms with Crippen molar-refractivity contribution >= 4 is 17.6 Å². The number of rotatable bonds is 6. The molecule has 132 valence electrons. The molecule has 1 aliphatic rings. The molecule has 0 saturated heterocycles. The molecule has 0 atom stereocenters. The van der Waals surface area contributed by atoms with Crippen molar-refractivity contribution in [2.45, 2.75) is 52.5 Å². The van der Waals surface area contributed by atoms with Crippen LogP contribution in [0.4, 0.5) is 5.69 Å². The fourth-order valence-electron chi connectivity index (χ4n) is 3.04. The first kappa shape index (κ1) is 18.3. The second-order valence-electron chi connectivity index (χ2n) is 6.25. The van der Waals surface area contributed by atoms with Crippen LogP contribution >= 0.6 is 0 Å². The van der Waals surface area contributed by atoms with Gasteiger partial charge in [-0.15, -0.1) is 0 Å². The first-order valence-electron chi connectivity index (χ1n) is 9.15. The molecule has 5 heteroatoms. The number of aliphatic imine (C=N–C) groups is 1. The van der Waals surface area contributed by atoms with E-state index in [1.165, 1.54) is 19.3 Å². The number of hydrogen-bond acceptors (Lipinski definition) is 2. The quantitative estimate of drug-likeness (QED) is 0.554. The maximum absolute atomic E-state index is 12.4. The zero-order valence-electron chi connectivity index (χ0n) is 14.9. The fourth-order valence-corrected chi connectivity index (χ4v) is 3.04. The number of hydrogen-bond donors (Lipinski definition) is 3. The van der Waals surface area contributed by atoms with E-state index in [1.807, 2.05) is 38.1 Å². The summed E-state index contributed by atoms with van der Waals surface area (Å²) >= 11 is 0. The highest BCUT2D eigenvalue weighted by atomic mass is 16.1. The van der Waals surface area contributed by atoms with Gasteiger partial charge in [0, 0.05) is 24.7 Å². The van der Waals surface area contributed by atoms with Crippen molar-refractivity contribution < 1.29 is 4.79 Å². The molecule has 5 nitrogen and oxygen atoms in total. The van der Waals surface area contributed by atoms with Crippen LogP contribution in [0.1, 0.15) is 51.5 Å². The minimum absolute atomic E-state index is 0.163. The Bertz CT molecular complexity index is 542. The van der Waals surface area contributed by atoms with Crippen LogP contribution in [0.2, 0.25) is 0 Å². The third-order valence-corrected chi connectivity index (χ3v) is 4.28. The maximum Gasteiger partial charge on any atom is 0.227 e. The summed E-state index contributed by atoms with van der Waals surface area (Å²) in [5, 5.41) is 9.50. The van der Waals surface area contributed by atoms with Crippen LogP contribution < -0.4 is 16.0 Å². The van der Waals surface area contributed by atoms with E-state index < -0.39 is 0 Å². The summed E-state index contributed by atoms with van der Waals surface area (Å²) < 4.78 is 0. The van der Waals surface area contributed by atoms with E-state index in [0.29, 0.717) is 6.54 Å². The van der Waals surface area contributed by atoms with E-state index in [-0.39, 0.29) is 11.8 Å². The molecule has 24 heavy (non-hydrogen) atoms. The van der Waals surface area contributed by atoms with Gasteiger partial charge in [0.15, 0.2) is 5.96 Å². The second-order valence-corrected chi connectivity index (χ2v) is 6.25. The molecule has 0 unspecified atom stereocenters. The van der Waals surface area contributed by atoms with Crippen LogP contribution in [0.5, 0.6) is 0 Å². The van der Waals surface area contributed by atoms with Crippen LogP contribution in [-0.4, -0.2) is 25.0 Å². The van der Waals surface area contributed by atoms with Crippen molar-refractivity contribution in [2.75, 3.05) is 18.4 Å². The van der Waals surface area contributed by atoms with Gasteiger partial charge in [0.05, 0.1) is 6.54 Å². The van der Waals surface area contributed by atoms with Crippen LogP contribution in [0.25, 0.3) is 0 Å². The topological polar surface area (TPSA) is 65.5 Å². The molecule has 0 bridgehead atoms. The van der Waals surface area contributed by atoms with Crippen molar-refractivity contribution in [3.63, 3.8) is 0 Å². The molecule has 1 fully saturated rings. The molecule has 0 heterocycles. The van der Waals surface area contributed by atoms with Gasteiger partial charge < -0.3 is 16.0 Å². The van der Waals surface area contributed by atoms with E-state index in [4.69, 9.17) is 0 Å². The Morgan fingerprint density at radius 2 is 1.83 bits per heavy atom. The largest absolute Gasteiger partial charge is 0.357 e. The van der Waals surface area contributed by atoms with Crippen molar-refractivity contribution in [1.29, 1.82) is 0 Å². The Hall–Kier alpha value is -2.04. The molecule has 0 spiro atoms. The van der Waals surface area contributed by atoms with Gasteiger partial charge in [-0.05, 0) is 44.4 Å². The highest BCUT2D eigenvalue weighted by Crippen LogP contribution is 2.25. The number of carbonyl (C=O) groups is 1. The highest BCUT2D eigenvalue weighted by Gasteiger charge is 2.20. The maximum atomic E-state index is 12.4. The van der Waals surface area contributed by atoms with Crippen LogP contribution in [0.3, 0.4) is 0 Å². The molecule has 0 radical (unpaired) electrons. The molecule has 1 aromatic rings. The van der Waals surface area contributed by atoms with Crippen molar-refractivity contribution in [2.24, 2.45) is 10.9 Å². The number of nitrogens with one attached hydrogen (secondary N) is 3. The van der Waals surface area contributed by atoms with E-state index in [1.54, 1.807) is 0 Å². The Kier molecular flexibility index (Phi) is 7.59. The molecule has 1 saturated carbocycles. The highest BCUT2D eigenvalue weighted by molar-refractivity contribution is 5.92. The first-order valence-corrected chi connectivity index (χ1v) is 9.15. The van der Waals surface area contributed by atoms with Gasteiger partial charge in [-0.25, -0.2) is 4.99 Å². The molecule has 1 aliphatic carbocycles. The first-order chi connectivity index (χ1) is 11.7. The molecule has 2 rings (SSSR count). The third kappa shape index (κ3) is 5.87. The standard InChI is InChI=1S/C19H30N4O/c1-3-20-19(21-4-2)22-14-15-9-8-12-17(13-15)23-18(24)16-10-6-5-7-11-16/h8-9,12-13,16H,3-7,10-11,14H2,1-2H3,(H,23,24)(H2,20,21,22). The predicted molar refractivity (Wildman–Crippen MR) is 100 cm³/mol. The van der Waals surface area contributed by atoms with Crippen LogP contribution in [0.15, 0.2) is 29.3 Å². The summed E-state index contributed by atoms with van der Waals surface area (Å²) in [6.45, 7) is 6.36. The van der Waals surface area contributed by atoms with Gasteiger partial charge in [0.25, 0.3) is 0 Å². The van der Waals surface area contributed by atoms with E-state index in [0.717, 1.165) is 43.1 Å². The smallest absolute Gasteiger partial charge is 0.227 e. The summed E-state index contributed by atoms with van der Waals surface area (Å²) in [6.07, 6.45) is 5.64. The zero-order valence-corrected chi connectivity index (χ0v) is 14.9.